The van der Waals surface area contributed by atoms with Gasteiger partial charge in [0.05, 0.1) is 26.4 Å². The summed E-state index contributed by atoms with van der Waals surface area (Å²) in [5.74, 6) is -0.648. The van der Waals surface area contributed by atoms with E-state index in [0.717, 1.165) is 0 Å². The molecule has 1 heterocycles. The van der Waals surface area contributed by atoms with Crippen LogP contribution in [-0.2, 0) is 23.7 Å². The second-order valence-electron chi connectivity index (χ2n) is 4.55. The Morgan fingerprint density at radius 2 is 1.95 bits per heavy atom. The standard InChI is InChI=1S/C12H23NO8/c1-7(15)20-11-10(17)9(16)8(6-14)21-12(11)19-5-4-18-3-2-13/h8-12,14,16-17H,2-6,13H2,1H3/t8-,9+,10+,11-,12-/m1/s1. The third kappa shape index (κ3) is 5.47. The minimum Gasteiger partial charge on any atom is -0.454 e. The Hall–Kier alpha value is -0.810. The van der Waals surface area contributed by atoms with Crippen molar-refractivity contribution >= 4 is 5.97 Å². The Kier molecular flexibility index (Phi) is 8.04. The first-order valence-electron chi connectivity index (χ1n) is 6.70. The van der Waals surface area contributed by atoms with Gasteiger partial charge >= 0.3 is 5.97 Å². The van der Waals surface area contributed by atoms with Crippen molar-refractivity contribution < 1.29 is 39.1 Å². The minimum atomic E-state index is -1.42. The van der Waals surface area contributed by atoms with E-state index in [2.05, 4.69) is 0 Å². The zero-order valence-corrected chi connectivity index (χ0v) is 11.9. The molecule has 0 bridgehead atoms. The van der Waals surface area contributed by atoms with Crippen LogP contribution >= 0.6 is 0 Å². The lowest BCUT2D eigenvalue weighted by molar-refractivity contribution is -0.305. The average Bonchev–Trinajstić information content (AvgIpc) is 2.45. The third-order valence-corrected chi connectivity index (χ3v) is 2.90. The number of ether oxygens (including phenoxy) is 4. The lowest BCUT2D eigenvalue weighted by Crippen LogP contribution is -2.60. The lowest BCUT2D eigenvalue weighted by atomic mass is 9.99. The Balaban J connectivity index is 2.58. The number of aliphatic hydroxyl groups is 3. The van der Waals surface area contributed by atoms with E-state index < -0.39 is 43.3 Å². The molecule has 1 aliphatic rings. The van der Waals surface area contributed by atoms with Crippen LogP contribution in [0.5, 0.6) is 0 Å². The quantitative estimate of drug-likeness (QED) is 0.279. The third-order valence-electron chi connectivity index (χ3n) is 2.90. The van der Waals surface area contributed by atoms with Crippen molar-refractivity contribution in [2.24, 2.45) is 5.73 Å². The summed E-state index contributed by atoms with van der Waals surface area (Å²) in [6, 6.07) is 0. The van der Waals surface area contributed by atoms with Crippen LogP contribution in [-0.4, -0.2) is 85.0 Å². The maximum absolute atomic E-state index is 11.1. The maximum atomic E-state index is 11.1. The normalized spacial score (nSPS) is 32.9. The Labute approximate surface area is 122 Å². The van der Waals surface area contributed by atoms with Gasteiger partial charge in [0.1, 0.15) is 18.3 Å². The van der Waals surface area contributed by atoms with Crippen LogP contribution < -0.4 is 5.73 Å². The number of esters is 1. The summed E-state index contributed by atoms with van der Waals surface area (Å²) >= 11 is 0. The number of rotatable bonds is 8. The van der Waals surface area contributed by atoms with Gasteiger partial charge < -0.3 is 40.0 Å². The van der Waals surface area contributed by atoms with Gasteiger partial charge in [-0.2, -0.15) is 0 Å². The summed E-state index contributed by atoms with van der Waals surface area (Å²) < 4.78 is 20.7. The van der Waals surface area contributed by atoms with Crippen molar-refractivity contribution in [1.82, 2.24) is 0 Å². The molecule has 0 spiro atoms. The van der Waals surface area contributed by atoms with Crippen LogP contribution in [0.1, 0.15) is 6.92 Å². The fourth-order valence-corrected chi connectivity index (χ4v) is 1.92. The first-order chi connectivity index (χ1) is 10.0. The van der Waals surface area contributed by atoms with E-state index in [9.17, 15) is 15.0 Å². The van der Waals surface area contributed by atoms with Gasteiger partial charge in [0, 0.05) is 13.5 Å². The van der Waals surface area contributed by atoms with Crippen molar-refractivity contribution in [3.05, 3.63) is 0 Å². The molecule has 1 aliphatic heterocycles. The molecule has 1 fully saturated rings. The average molecular weight is 309 g/mol. The van der Waals surface area contributed by atoms with Crippen molar-refractivity contribution in [2.75, 3.05) is 33.0 Å². The Morgan fingerprint density at radius 1 is 1.24 bits per heavy atom. The van der Waals surface area contributed by atoms with E-state index in [0.29, 0.717) is 13.2 Å². The summed E-state index contributed by atoms with van der Waals surface area (Å²) in [4.78, 5) is 11.1. The predicted octanol–water partition coefficient (Wildman–Crippen LogP) is -2.65. The smallest absolute Gasteiger partial charge is 0.303 e. The van der Waals surface area contributed by atoms with Crippen LogP contribution in [0.15, 0.2) is 0 Å². The summed E-state index contributed by atoms with van der Waals surface area (Å²) in [7, 11) is 0. The Morgan fingerprint density at radius 3 is 2.52 bits per heavy atom. The SMILES string of the molecule is CC(=O)O[C@H]1[C@H](OCCOCCN)O[C@H](CO)[C@H](O)[C@@H]1O. The maximum Gasteiger partial charge on any atom is 0.303 e. The van der Waals surface area contributed by atoms with Crippen LogP contribution in [0.2, 0.25) is 0 Å². The monoisotopic (exact) mass is 309 g/mol. The van der Waals surface area contributed by atoms with Gasteiger partial charge in [-0.05, 0) is 0 Å². The molecule has 1 saturated heterocycles. The highest BCUT2D eigenvalue weighted by molar-refractivity contribution is 5.66. The molecule has 124 valence electrons. The van der Waals surface area contributed by atoms with Crippen LogP contribution in [0.3, 0.4) is 0 Å². The molecule has 0 radical (unpaired) electrons. The molecule has 0 aromatic carbocycles. The number of hydrogen-bond acceptors (Lipinski definition) is 9. The zero-order valence-electron chi connectivity index (χ0n) is 11.9. The number of aliphatic hydroxyl groups excluding tert-OH is 3. The van der Waals surface area contributed by atoms with Gasteiger partial charge in [0.25, 0.3) is 0 Å². The molecule has 9 heteroatoms. The van der Waals surface area contributed by atoms with Crippen LogP contribution in [0.4, 0.5) is 0 Å². The molecule has 5 N–H and O–H groups in total. The lowest BCUT2D eigenvalue weighted by Gasteiger charge is -2.41. The topological polar surface area (TPSA) is 141 Å². The van der Waals surface area contributed by atoms with Gasteiger partial charge in [-0.3, -0.25) is 4.79 Å². The fraction of sp³-hybridized carbons (Fsp3) is 0.917. The summed E-state index contributed by atoms with van der Waals surface area (Å²) in [5.41, 5.74) is 5.26. The highest BCUT2D eigenvalue weighted by atomic mass is 16.7. The molecule has 0 aromatic heterocycles. The number of hydrogen-bond donors (Lipinski definition) is 4. The zero-order chi connectivity index (χ0) is 15.8. The molecule has 0 aliphatic carbocycles. The van der Waals surface area contributed by atoms with Crippen LogP contribution in [0, 0.1) is 0 Å². The second kappa shape index (κ2) is 9.26. The van der Waals surface area contributed by atoms with E-state index in [1.165, 1.54) is 6.92 Å². The van der Waals surface area contributed by atoms with E-state index in [1.54, 1.807) is 0 Å². The summed E-state index contributed by atoms with van der Waals surface area (Å²) in [6.07, 6.45) is -6.12. The highest BCUT2D eigenvalue weighted by Gasteiger charge is 2.46. The van der Waals surface area contributed by atoms with Gasteiger partial charge in [-0.15, -0.1) is 0 Å². The molecule has 5 atom stereocenters. The molecular formula is C12H23NO8. The fourth-order valence-electron chi connectivity index (χ4n) is 1.92. The van der Waals surface area contributed by atoms with Crippen molar-refractivity contribution in [3.63, 3.8) is 0 Å². The van der Waals surface area contributed by atoms with Gasteiger partial charge in [0.2, 0.25) is 0 Å². The van der Waals surface area contributed by atoms with E-state index >= 15 is 0 Å². The minimum absolute atomic E-state index is 0.114. The molecular weight excluding hydrogens is 286 g/mol. The van der Waals surface area contributed by atoms with Crippen molar-refractivity contribution in [2.45, 2.75) is 37.6 Å². The van der Waals surface area contributed by atoms with E-state index in [-0.39, 0.29) is 13.2 Å². The Bertz CT molecular complexity index is 316. The predicted molar refractivity (Wildman–Crippen MR) is 69.1 cm³/mol. The van der Waals surface area contributed by atoms with Crippen LogP contribution in [0.25, 0.3) is 0 Å². The second-order valence-corrected chi connectivity index (χ2v) is 4.55. The van der Waals surface area contributed by atoms with E-state index in [4.69, 9.17) is 29.8 Å². The molecule has 0 amide bonds. The largest absolute Gasteiger partial charge is 0.454 e. The summed E-state index contributed by atoms with van der Waals surface area (Å²) in [5, 5.41) is 28.8. The molecule has 1 rings (SSSR count). The molecule has 21 heavy (non-hydrogen) atoms. The van der Waals surface area contributed by atoms with Crippen molar-refractivity contribution in [3.8, 4) is 0 Å². The molecule has 9 nitrogen and oxygen atoms in total. The summed E-state index contributed by atoms with van der Waals surface area (Å²) in [6.45, 7) is 1.78. The number of carbonyl (C=O) groups excluding carboxylic acids is 1. The molecule has 0 saturated carbocycles. The van der Waals surface area contributed by atoms with Gasteiger partial charge in [0.15, 0.2) is 12.4 Å². The number of nitrogens with two attached hydrogens (primary N) is 1. The first kappa shape index (κ1) is 18.2. The highest BCUT2D eigenvalue weighted by Crippen LogP contribution is 2.24. The van der Waals surface area contributed by atoms with Gasteiger partial charge in [-0.25, -0.2) is 0 Å². The number of carbonyl (C=O) groups is 1. The molecule has 0 aromatic rings. The van der Waals surface area contributed by atoms with Crippen molar-refractivity contribution in [1.29, 1.82) is 0 Å². The first-order valence-corrected chi connectivity index (χ1v) is 6.70. The van der Waals surface area contributed by atoms with E-state index in [1.807, 2.05) is 0 Å². The van der Waals surface area contributed by atoms with Gasteiger partial charge in [-0.1, -0.05) is 0 Å². The molecule has 0 unspecified atom stereocenters.